The van der Waals surface area contributed by atoms with Gasteiger partial charge in [-0.25, -0.2) is 0 Å². The van der Waals surface area contributed by atoms with E-state index in [1.807, 2.05) is 30.3 Å². The summed E-state index contributed by atoms with van der Waals surface area (Å²) >= 11 is 5.85. The third kappa shape index (κ3) is 3.76. The highest BCUT2D eigenvalue weighted by Crippen LogP contribution is 2.31. The molecule has 0 aliphatic heterocycles. The number of carbonyl (C=O) groups excluding carboxylic acids is 2. The Hall–Kier alpha value is -3.31. The third-order valence-corrected chi connectivity index (χ3v) is 5.46. The summed E-state index contributed by atoms with van der Waals surface area (Å²) in [5.41, 5.74) is 3.44. The number of para-hydroxylation sites is 1. The minimum absolute atomic E-state index is 0.282. The molecular formula is C24H22ClN3O2. The van der Waals surface area contributed by atoms with Crippen molar-refractivity contribution in [2.45, 2.75) is 26.4 Å². The fourth-order valence-corrected chi connectivity index (χ4v) is 3.80. The smallest absolute Gasteiger partial charge is 0.251 e. The van der Waals surface area contributed by atoms with E-state index in [1.54, 1.807) is 31.2 Å². The number of halogens is 1. The number of fused-ring (bicyclic) bond motifs is 3. The Balaban J connectivity index is 1.53. The lowest BCUT2D eigenvalue weighted by molar-refractivity contribution is -0.117. The molecule has 1 atom stereocenters. The summed E-state index contributed by atoms with van der Waals surface area (Å²) in [6.07, 6.45) is 0. The molecule has 0 saturated heterocycles. The molecule has 6 heteroatoms. The van der Waals surface area contributed by atoms with Crippen molar-refractivity contribution < 1.29 is 9.59 Å². The molecule has 1 heterocycles. The summed E-state index contributed by atoms with van der Waals surface area (Å²) in [6, 6.07) is 20.0. The van der Waals surface area contributed by atoms with Crippen LogP contribution >= 0.6 is 11.6 Å². The van der Waals surface area contributed by atoms with Gasteiger partial charge in [0.25, 0.3) is 5.91 Å². The summed E-state index contributed by atoms with van der Waals surface area (Å²) in [7, 11) is 0. The Labute approximate surface area is 179 Å². The van der Waals surface area contributed by atoms with Gasteiger partial charge >= 0.3 is 0 Å². The zero-order chi connectivity index (χ0) is 21.3. The lowest BCUT2D eigenvalue weighted by atomic mass is 10.1. The van der Waals surface area contributed by atoms with Crippen molar-refractivity contribution in [3.8, 4) is 0 Å². The van der Waals surface area contributed by atoms with Crippen molar-refractivity contribution in [3.05, 3.63) is 77.3 Å². The average Bonchev–Trinajstić information content (AvgIpc) is 3.07. The van der Waals surface area contributed by atoms with E-state index in [1.165, 1.54) is 5.52 Å². The molecule has 3 aromatic carbocycles. The first-order valence-electron chi connectivity index (χ1n) is 9.86. The van der Waals surface area contributed by atoms with E-state index in [9.17, 15) is 9.59 Å². The Morgan fingerprint density at radius 2 is 1.67 bits per heavy atom. The predicted molar refractivity (Wildman–Crippen MR) is 122 cm³/mol. The van der Waals surface area contributed by atoms with Crippen molar-refractivity contribution in [2.24, 2.45) is 0 Å². The van der Waals surface area contributed by atoms with E-state index in [2.05, 4.69) is 34.3 Å². The zero-order valence-electron chi connectivity index (χ0n) is 16.8. The number of nitrogens with zero attached hydrogens (tertiary/aromatic N) is 1. The van der Waals surface area contributed by atoms with Crippen LogP contribution in [0.1, 0.15) is 24.2 Å². The van der Waals surface area contributed by atoms with E-state index in [4.69, 9.17) is 11.6 Å². The van der Waals surface area contributed by atoms with Gasteiger partial charge in [-0.2, -0.15) is 0 Å². The van der Waals surface area contributed by atoms with E-state index in [-0.39, 0.29) is 11.8 Å². The molecule has 0 aliphatic rings. The van der Waals surface area contributed by atoms with Crippen molar-refractivity contribution >= 4 is 50.9 Å². The number of aryl methyl sites for hydroxylation is 1. The number of amides is 2. The van der Waals surface area contributed by atoms with Gasteiger partial charge in [-0.05, 0) is 62.4 Å². The number of hydrogen-bond acceptors (Lipinski definition) is 2. The first-order chi connectivity index (χ1) is 14.5. The van der Waals surface area contributed by atoms with Gasteiger partial charge in [-0.15, -0.1) is 0 Å². The van der Waals surface area contributed by atoms with E-state index in [0.717, 1.165) is 22.8 Å². The summed E-state index contributed by atoms with van der Waals surface area (Å²) in [5.74, 6) is -0.605. The van der Waals surface area contributed by atoms with Crippen LogP contribution in [0.5, 0.6) is 0 Å². The lowest BCUT2D eigenvalue weighted by Gasteiger charge is -2.14. The maximum absolute atomic E-state index is 12.6. The molecule has 1 aromatic heterocycles. The van der Waals surface area contributed by atoms with Gasteiger partial charge in [0.1, 0.15) is 6.04 Å². The van der Waals surface area contributed by atoms with Crippen LogP contribution in [-0.4, -0.2) is 22.4 Å². The van der Waals surface area contributed by atoms with Crippen molar-refractivity contribution in [2.75, 3.05) is 5.32 Å². The van der Waals surface area contributed by atoms with Crippen molar-refractivity contribution in [3.63, 3.8) is 0 Å². The molecule has 0 saturated carbocycles. The van der Waals surface area contributed by atoms with Gasteiger partial charge < -0.3 is 15.2 Å². The van der Waals surface area contributed by atoms with Gasteiger partial charge in [0.05, 0.1) is 0 Å². The van der Waals surface area contributed by atoms with Crippen LogP contribution in [0.4, 0.5) is 5.69 Å². The summed E-state index contributed by atoms with van der Waals surface area (Å²) in [4.78, 5) is 25.0. The summed E-state index contributed by atoms with van der Waals surface area (Å²) < 4.78 is 2.26. The third-order valence-electron chi connectivity index (χ3n) is 5.20. The molecule has 0 radical (unpaired) electrons. The molecule has 0 bridgehead atoms. The molecule has 2 amide bonds. The molecule has 0 aliphatic carbocycles. The Kier molecular flexibility index (Phi) is 5.46. The summed E-state index contributed by atoms with van der Waals surface area (Å²) in [5, 5.41) is 8.41. The fourth-order valence-electron chi connectivity index (χ4n) is 3.67. The van der Waals surface area contributed by atoms with Gasteiger partial charge in [0, 0.05) is 44.6 Å². The first-order valence-corrected chi connectivity index (χ1v) is 10.2. The highest BCUT2D eigenvalue weighted by atomic mass is 35.5. The Morgan fingerprint density at radius 1 is 0.967 bits per heavy atom. The second-order valence-corrected chi connectivity index (χ2v) is 7.62. The molecule has 2 N–H and O–H groups in total. The Morgan fingerprint density at radius 3 is 2.40 bits per heavy atom. The Bertz CT molecular complexity index is 1240. The summed E-state index contributed by atoms with van der Waals surface area (Å²) in [6.45, 7) is 4.64. The first kappa shape index (κ1) is 20.0. The topological polar surface area (TPSA) is 63.1 Å². The number of aromatic nitrogens is 1. The van der Waals surface area contributed by atoms with Crippen LogP contribution in [-0.2, 0) is 11.3 Å². The average molecular weight is 420 g/mol. The number of anilines is 1. The van der Waals surface area contributed by atoms with E-state index in [0.29, 0.717) is 16.3 Å². The molecule has 152 valence electrons. The number of carbonyl (C=O) groups is 2. The number of hydrogen-bond donors (Lipinski definition) is 2. The zero-order valence-corrected chi connectivity index (χ0v) is 17.5. The minimum Gasteiger partial charge on any atom is -0.341 e. The van der Waals surface area contributed by atoms with Crippen LogP contribution in [0.2, 0.25) is 5.02 Å². The van der Waals surface area contributed by atoms with Crippen LogP contribution in [0, 0.1) is 0 Å². The number of benzene rings is 3. The molecule has 4 aromatic rings. The van der Waals surface area contributed by atoms with Gasteiger partial charge in [-0.3, -0.25) is 9.59 Å². The molecule has 5 nitrogen and oxygen atoms in total. The largest absolute Gasteiger partial charge is 0.341 e. The molecule has 1 unspecified atom stereocenters. The number of rotatable bonds is 5. The maximum Gasteiger partial charge on any atom is 0.251 e. The van der Waals surface area contributed by atoms with Crippen molar-refractivity contribution in [1.82, 2.24) is 9.88 Å². The van der Waals surface area contributed by atoms with E-state index >= 15 is 0 Å². The molecule has 0 spiro atoms. The quantitative estimate of drug-likeness (QED) is 0.465. The second kappa shape index (κ2) is 8.20. The van der Waals surface area contributed by atoms with Crippen molar-refractivity contribution in [1.29, 1.82) is 0 Å². The van der Waals surface area contributed by atoms with Crippen LogP contribution in [0.25, 0.3) is 21.8 Å². The molecule has 30 heavy (non-hydrogen) atoms. The minimum atomic E-state index is -0.694. The van der Waals surface area contributed by atoms with Crippen LogP contribution in [0.3, 0.4) is 0 Å². The SMILES string of the molecule is CCn1c2ccccc2c2cc(NC(=O)C(C)NC(=O)c3ccc(Cl)cc3)ccc21. The number of nitrogens with one attached hydrogen (secondary N) is 2. The lowest BCUT2D eigenvalue weighted by Crippen LogP contribution is -2.41. The van der Waals surface area contributed by atoms with Gasteiger partial charge in [0.2, 0.25) is 5.91 Å². The predicted octanol–water partition coefficient (Wildman–Crippen LogP) is 5.22. The fraction of sp³-hybridized carbons (Fsp3) is 0.167. The molecule has 4 rings (SSSR count). The van der Waals surface area contributed by atoms with Crippen LogP contribution in [0.15, 0.2) is 66.7 Å². The maximum atomic E-state index is 12.6. The van der Waals surface area contributed by atoms with E-state index < -0.39 is 6.04 Å². The second-order valence-electron chi connectivity index (χ2n) is 7.18. The monoisotopic (exact) mass is 419 g/mol. The highest BCUT2D eigenvalue weighted by molar-refractivity contribution is 6.30. The molecular weight excluding hydrogens is 398 g/mol. The highest BCUT2D eigenvalue weighted by Gasteiger charge is 2.17. The van der Waals surface area contributed by atoms with Gasteiger partial charge in [0.15, 0.2) is 0 Å². The van der Waals surface area contributed by atoms with Crippen LogP contribution < -0.4 is 10.6 Å². The molecule has 0 fully saturated rings. The standard InChI is InChI=1S/C24H22ClN3O2/c1-3-28-21-7-5-4-6-19(21)20-14-18(12-13-22(20)28)27-23(29)15(2)26-24(30)16-8-10-17(25)11-9-16/h4-15H,3H2,1-2H3,(H,26,30)(H,27,29). The normalized spacial score (nSPS) is 12.1. The van der Waals surface area contributed by atoms with Gasteiger partial charge in [-0.1, -0.05) is 29.8 Å².